The number of hydrogen-bond donors (Lipinski definition) is 0. The molecule has 0 aromatic carbocycles. The van der Waals surface area contributed by atoms with Crippen molar-refractivity contribution < 1.29 is 9.36 Å². The first-order valence-corrected chi connectivity index (χ1v) is 4.50. The second kappa shape index (κ2) is 10.8. The van der Waals surface area contributed by atoms with Gasteiger partial charge in [-0.15, -0.1) is 0 Å². The topological polar surface area (TPSA) is 20.9 Å². The molecule has 0 aliphatic carbocycles. The summed E-state index contributed by atoms with van der Waals surface area (Å²) in [5, 5.41) is 0. The molecule has 2 heteroatoms. The molecule has 2 nitrogen and oxygen atoms in total. The molecule has 13 heavy (non-hydrogen) atoms. The van der Waals surface area contributed by atoms with Crippen LogP contribution in [0.3, 0.4) is 0 Å². The molecular weight excluding hydrogens is 162 g/mol. The average molecular weight is 182 g/mol. The molecule has 0 atom stereocenters. The zero-order valence-electron chi connectivity index (χ0n) is 9.24. The highest BCUT2D eigenvalue weighted by molar-refractivity contribution is 5.72. The van der Waals surface area contributed by atoms with Crippen molar-refractivity contribution in [2.75, 3.05) is 0 Å². The number of hydrogen-bond acceptors (Lipinski definition) is 1. The van der Waals surface area contributed by atoms with Gasteiger partial charge in [-0.2, -0.15) is 0 Å². The summed E-state index contributed by atoms with van der Waals surface area (Å²) in [4.78, 5) is 9.44. The second-order valence-corrected chi connectivity index (χ2v) is 2.45. The van der Waals surface area contributed by atoms with Gasteiger partial charge in [0.2, 0.25) is 0 Å². The second-order valence-electron chi connectivity index (χ2n) is 2.45. The van der Waals surface area contributed by atoms with E-state index in [9.17, 15) is 4.79 Å². The van der Waals surface area contributed by atoms with Crippen LogP contribution < -0.4 is 4.57 Å². The smallest absolute Gasteiger partial charge is 0.168 e. The van der Waals surface area contributed by atoms with E-state index in [1.807, 2.05) is 56.1 Å². The zero-order valence-corrected chi connectivity index (χ0v) is 9.24. The van der Waals surface area contributed by atoms with Crippen LogP contribution in [0.1, 0.15) is 27.7 Å². The molecule has 0 fully saturated rings. The number of Topliss-reactive ketones (excluding diaryl/α,β-unsaturated/α-hetero) is 1. The molecule has 0 aliphatic heterocycles. The molecule has 0 bridgehead atoms. The SMILES string of the molecule is CC.CC(C)=O.C[n+]1ccccc1. The van der Waals surface area contributed by atoms with Crippen LogP contribution in [-0.4, -0.2) is 5.78 Å². The van der Waals surface area contributed by atoms with Gasteiger partial charge in [0.15, 0.2) is 12.4 Å². The summed E-state index contributed by atoms with van der Waals surface area (Å²) < 4.78 is 2.00. The molecule has 1 aromatic heterocycles. The summed E-state index contributed by atoms with van der Waals surface area (Å²) >= 11 is 0. The fraction of sp³-hybridized carbons (Fsp3) is 0.455. The van der Waals surface area contributed by atoms with Crippen molar-refractivity contribution in [3.05, 3.63) is 30.6 Å². The minimum atomic E-state index is 0.167. The Morgan fingerprint density at radius 3 is 1.46 bits per heavy atom. The summed E-state index contributed by atoms with van der Waals surface area (Å²) in [7, 11) is 2.00. The molecule has 1 aromatic rings. The zero-order chi connectivity index (χ0) is 10.7. The van der Waals surface area contributed by atoms with Crippen LogP contribution in [0.2, 0.25) is 0 Å². The third kappa shape index (κ3) is 18.1. The Morgan fingerprint density at radius 2 is 1.31 bits per heavy atom. The van der Waals surface area contributed by atoms with E-state index in [0.29, 0.717) is 0 Å². The van der Waals surface area contributed by atoms with Gasteiger partial charge >= 0.3 is 0 Å². The van der Waals surface area contributed by atoms with Crippen molar-refractivity contribution in [1.82, 2.24) is 0 Å². The number of carbonyl (C=O) groups is 1. The molecule has 0 aliphatic rings. The van der Waals surface area contributed by atoms with Crippen molar-refractivity contribution in [2.24, 2.45) is 7.05 Å². The van der Waals surface area contributed by atoms with Crippen LogP contribution in [-0.2, 0) is 11.8 Å². The molecule has 74 valence electrons. The number of ketones is 1. The first-order valence-electron chi connectivity index (χ1n) is 4.50. The molecule has 0 unspecified atom stereocenters. The lowest BCUT2D eigenvalue weighted by molar-refractivity contribution is -0.671. The molecular formula is C11H20NO+. The van der Waals surface area contributed by atoms with Crippen LogP contribution in [0.4, 0.5) is 0 Å². The van der Waals surface area contributed by atoms with Crippen molar-refractivity contribution in [3.8, 4) is 0 Å². The van der Waals surface area contributed by atoms with Crippen LogP contribution in [0.25, 0.3) is 0 Å². The van der Waals surface area contributed by atoms with E-state index >= 15 is 0 Å². The highest BCUT2D eigenvalue weighted by Crippen LogP contribution is 1.71. The Labute approximate surface area is 81.2 Å². The maximum atomic E-state index is 9.44. The van der Waals surface area contributed by atoms with Gasteiger partial charge in [-0.1, -0.05) is 19.9 Å². The van der Waals surface area contributed by atoms with E-state index in [1.54, 1.807) is 0 Å². The number of carbonyl (C=O) groups excluding carboxylic acids is 1. The molecule has 1 rings (SSSR count). The number of aromatic nitrogens is 1. The minimum Gasteiger partial charge on any atom is -0.300 e. The lowest BCUT2D eigenvalue weighted by Gasteiger charge is -1.77. The van der Waals surface area contributed by atoms with E-state index < -0.39 is 0 Å². The summed E-state index contributed by atoms with van der Waals surface area (Å²) in [6.45, 7) is 7.06. The molecule has 0 N–H and O–H groups in total. The minimum absolute atomic E-state index is 0.167. The molecule has 0 amide bonds. The van der Waals surface area contributed by atoms with E-state index in [1.165, 1.54) is 13.8 Å². The molecule has 0 saturated heterocycles. The Hall–Kier alpha value is -1.18. The average Bonchev–Trinajstić information content (AvgIpc) is 2.08. The molecule has 1 heterocycles. The Balaban J connectivity index is 0. The standard InChI is InChI=1S/C6H8N.C3H6O.C2H6/c1-7-5-3-2-4-6-7;1-3(2)4;1-2/h2-6H,1H3;1-2H3;1-2H3/q+1;;. The summed E-state index contributed by atoms with van der Waals surface area (Å²) in [5.41, 5.74) is 0. The number of pyridine rings is 1. The van der Waals surface area contributed by atoms with Gasteiger partial charge in [-0.3, -0.25) is 0 Å². The van der Waals surface area contributed by atoms with E-state index in [4.69, 9.17) is 0 Å². The molecule has 0 saturated carbocycles. The third-order valence-corrected chi connectivity index (χ3v) is 0.865. The highest BCUT2D eigenvalue weighted by Gasteiger charge is 1.78. The summed E-state index contributed by atoms with van der Waals surface area (Å²) in [5.74, 6) is 0.167. The largest absolute Gasteiger partial charge is 0.300 e. The van der Waals surface area contributed by atoms with Gasteiger partial charge in [0.05, 0.1) is 0 Å². The molecule has 0 radical (unpaired) electrons. The Bertz CT molecular complexity index is 203. The predicted molar refractivity (Wildman–Crippen MR) is 55.3 cm³/mol. The lowest BCUT2D eigenvalue weighted by Crippen LogP contribution is -2.25. The number of rotatable bonds is 0. The monoisotopic (exact) mass is 182 g/mol. The summed E-state index contributed by atoms with van der Waals surface area (Å²) in [6.07, 6.45) is 4.00. The Kier molecular flexibility index (Phi) is 11.9. The lowest BCUT2D eigenvalue weighted by atomic mass is 10.5. The van der Waals surface area contributed by atoms with E-state index in [2.05, 4.69) is 0 Å². The number of aryl methyl sites for hydroxylation is 1. The van der Waals surface area contributed by atoms with E-state index in [0.717, 1.165) is 0 Å². The van der Waals surface area contributed by atoms with Gasteiger partial charge in [-0.25, -0.2) is 4.57 Å². The predicted octanol–water partition coefficient (Wildman–Crippen LogP) is 2.13. The van der Waals surface area contributed by atoms with Crippen LogP contribution >= 0.6 is 0 Å². The van der Waals surface area contributed by atoms with Crippen molar-refractivity contribution >= 4 is 5.78 Å². The van der Waals surface area contributed by atoms with Crippen LogP contribution in [0, 0.1) is 0 Å². The van der Waals surface area contributed by atoms with Crippen molar-refractivity contribution in [1.29, 1.82) is 0 Å². The maximum absolute atomic E-state index is 9.44. The van der Waals surface area contributed by atoms with Gasteiger partial charge in [0.25, 0.3) is 0 Å². The van der Waals surface area contributed by atoms with Gasteiger partial charge in [0, 0.05) is 12.1 Å². The van der Waals surface area contributed by atoms with Crippen molar-refractivity contribution in [2.45, 2.75) is 27.7 Å². The fourth-order valence-electron chi connectivity index (χ4n) is 0.485. The third-order valence-electron chi connectivity index (χ3n) is 0.865. The van der Waals surface area contributed by atoms with E-state index in [-0.39, 0.29) is 5.78 Å². The van der Waals surface area contributed by atoms with Gasteiger partial charge in [0.1, 0.15) is 12.8 Å². The van der Waals surface area contributed by atoms with Gasteiger partial charge in [-0.05, 0) is 13.8 Å². The van der Waals surface area contributed by atoms with Crippen LogP contribution in [0.15, 0.2) is 30.6 Å². The first-order chi connectivity index (χ1) is 6.13. The highest BCUT2D eigenvalue weighted by atomic mass is 16.1. The van der Waals surface area contributed by atoms with Gasteiger partial charge < -0.3 is 4.79 Å². The molecule has 0 spiro atoms. The normalized spacial score (nSPS) is 7.15. The number of nitrogens with zero attached hydrogens (tertiary/aromatic N) is 1. The fourth-order valence-corrected chi connectivity index (χ4v) is 0.485. The Morgan fingerprint density at radius 1 is 1.00 bits per heavy atom. The summed E-state index contributed by atoms with van der Waals surface area (Å²) in [6, 6.07) is 6.00. The quantitative estimate of drug-likeness (QED) is 0.563. The van der Waals surface area contributed by atoms with Crippen molar-refractivity contribution in [3.63, 3.8) is 0 Å². The van der Waals surface area contributed by atoms with Crippen LogP contribution in [0.5, 0.6) is 0 Å². The first kappa shape index (κ1) is 14.3. The maximum Gasteiger partial charge on any atom is 0.168 e.